The minimum atomic E-state index is -3.55. The number of carbonyl (C=O) groups is 1. The Balaban J connectivity index is 1.51. The molecule has 5 nitrogen and oxygen atoms in total. The normalized spacial score (nSPS) is 29.0. The van der Waals surface area contributed by atoms with Crippen LogP contribution in [0.1, 0.15) is 62.2 Å². The van der Waals surface area contributed by atoms with Crippen LogP contribution in [0, 0.1) is 17.8 Å². The second-order valence-corrected chi connectivity index (χ2v) is 11.5. The maximum atomic E-state index is 13.0. The molecule has 4 rings (SSSR count). The third kappa shape index (κ3) is 3.90. The fourth-order valence-electron chi connectivity index (χ4n) is 5.39. The van der Waals surface area contributed by atoms with Crippen LogP contribution < -0.4 is 5.32 Å². The molecule has 28 heavy (non-hydrogen) atoms. The van der Waals surface area contributed by atoms with Gasteiger partial charge in [0, 0.05) is 23.6 Å². The lowest BCUT2D eigenvalue weighted by molar-refractivity contribution is 0.0914. The molecule has 1 amide bonds. The highest BCUT2D eigenvalue weighted by molar-refractivity contribution is 9.10. The highest BCUT2D eigenvalue weighted by Gasteiger charge is 2.42. The van der Waals surface area contributed by atoms with Crippen LogP contribution in [-0.2, 0) is 10.0 Å². The summed E-state index contributed by atoms with van der Waals surface area (Å²) in [6, 6.07) is 4.90. The first-order chi connectivity index (χ1) is 13.4. The predicted molar refractivity (Wildman–Crippen MR) is 113 cm³/mol. The van der Waals surface area contributed by atoms with Gasteiger partial charge in [0.15, 0.2) is 0 Å². The van der Waals surface area contributed by atoms with Gasteiger partial charge >= 0.3 is 0 Å². The summed E-state index contributed by atoms with van der Waals surface area (Å²) in [6.45, 7) is 3.20. The van der Waals surface area contributed by atoms with Gasteiger partial charge in [0.2, 0.25) is 10.0 Å². The van der Waals surface area contributed by atoms with Crippen LogP contribution in [-0.4, -0.2) is 37.8 Å². The average molecular weight is 469 g/mol. The van der Waals surface area contributed by atoms with E-state index in [4.69, 9.17) is 0 Å². The number of halogens is 1. The predicted octanol–water partition coefficient (Wildman–Crippen LogP) is 4.18. The molecule has 2 aliphatic carbocycles. The van der Waals surface area contributed by atoms with Crippen molar-refractivity contribution in [1.82, 2.24) is 9.62 Å². The summed E-state index contributed by atoms with van der Waals surface area (Å²) in [4.78, 5) is 13.1. The van der Waals surface area contributed by atoms with Crippen LogP contribution in [0.5, 0.6) is 0 Å². The number of fused-ring (bicyclic) bond motifs is 2. The Bertz CT molecular complexity index is 851. The second-order valence-electron chi connectivity index (χ2n) is 8.71. The quantitative estimate of drug-likeness (QED) is 0.704. The standard InChI is InChI=1S/C21H29BrN2O3S/c1-14(18-12-15-5-6-16(18)11-15)23-21(25)19-13-17(7-8-20(19)22)28(26,27)24-9-3-2-4-10-24/h7-8,13-16,18H,2-6,9-12H2,1H3,(H,23,25). The Morgan fingerprint density at radius 2 is 1.93 bits per heavy atom. The number of nitrogens with zero attached hydrogens (tertiary/aromatic N) is 1. The van der Waals surface area contributed by atoms with Gasteiger partial charge in [-0.1, -0.05) is 12.8 Å². The van der Waals surface area contributed by atoms with Gasteiger partial charge in [-0.05, 0) is 90.9 Å². The maximum absolute atomic E-state index is 13.0. The molecule has 1 N–H and O–H groups in total. The first kappa shape index (κ1) is 20.4. The number of sulfonamides is 1. The number of rotatable bonds is 5. The molecule has 2 saturated carbocycles. The van der Waals surface area contributed by atoms with E-state index in [-0.39, 0.29) is 16.8 Å². The molecule has 1 aromatic rings. The number of carbonyl (C=O) groups excluding carboxylic acids is 1. The van der Waals surface area contributed by atoms with Gasteiger partial charge in [0.1, 0.15) is 0 Å². The van der Waals surface area contributed by atoms with Crippen LogP contribution in [0.15, 0.2) is 27.6 Å². The number of benzene rings is 1. The van der Waals surface area contributed by atoms with Gasteiger partial charge in [0.05, 0.1) is 10.5 Å². The fourth-order valence-corrected chi connectivity index (χ4v) is 7.36. The summed E-state index contributed by atoms with van der Waals surface area (Å²) in [5.41, 5.74) is 0.396. The Kier molecular flexibility index (Phi) is 5.87. The molecule has 0 aromatic heterocycles. The molecule has 2 bridgehead atoms. The zero-order valence-corrected chi connectivity index (χ0v) is 18.8. The van der Waals surface area contributed by atoms with Crippen molar-refractivity contribution in [2.75, 3.05) is 13.1 Å². The third-order valence-corrected chi connectivity index (χ3v) is 9.52. The summed E-state index contributed by atoms with van der Waals surface area (Å²) in [7, 11) is -3.55. The molecular formula is C21H29BrN2O3S. The number of piperidine rings is 1. The summed E-state index contributed by atoms with van der Waals surface area (Å²) in [6.07, 6.45) is 7.98. The molecule has 3 fully saturated rings. The number of hydrogen-bond acceptors (Lipinski definition) is 3. The summed E-state index contributed by atoms with van der Waals surface area (Å²) < 4.78 is 28.1. The third-order valence-electron chi connectivity index (χ3n) is 6.93. The van der Waals surface area contributed by atoms with Crippen molar-refractivity contribution < 1.29 is 13.2 Å². The SMILES string of the molecule is CC(NC(=O)c1cc(S(=O)(=O)N2CCCCC2)ccc1Br)C1CC2CCC1C2. The van der Waals surface area contributed by atoms with E-state index in [1.54, 1.807) is 16.4 Å². The van der Waals surface area contributed by atoms with Gasteiger partial charge in [-0.2, -0.15) is 4.31 Å². The molecule has 4 atom stereocenters. The Morgan fingerprint density at radius 3 is 2.57 bits per heavy atom. The summed E-state index contributed by atoms with van der Waals surface area (Å²) in [5, 5.41) is 3.14. The van der Waals surface area contributed by atoms with E-state index in [9.17, 15) is 13.2 Å². The van der Waals surface area contributed by atoms with Crippen molar-refractivity contribution in [2.45, 2.75) is 62.8 Å². The Hall–Kier alpha value is -0.920. The van der Waals surface area contributed by atoms with E-state index in [1.807, 2.05) is 0 Å². The van der Waals surface area contributed by atoms with Gasteiger partial charge in [-0.25, -0.2) is 8.42 Å². The van der Waals surface area contributed by atoms with Crippen molar-refractivity contribution in [2.24, 2.45) is 17.8 Å². The molecular weight excluding hydrogens is 440 g/mol. The lowest BCUT2D eigenvalue weighted by Gasteiger charge is -2.29. The molecule has 0 spiro atoms. The number of nitrogens with one attached hydrogen (secondary N) is 1. The topological polar surface area (TPSA) is 66.5 Å². The van der Waals surface area contributed by atoms with E-state index in [2.05, 4.69) is 28.2 Å². The maximum Gasteiger partial charge on any atom is 0.252 e. The lowest BCUT2D eigenvalue weighted by Crippen LogP contribution is -2.40. The molecule has 4 unspecified atom stereocenters. The zero-order valence-electron chi connectivity index (χ0n) is 16.4. The second kappa shape index (κ2) is 8.07. The van der Waals surface area contributed by atoms with Crippen molar-refractivity contribution in [3.05, 3.63) is 28.2 Å². The summed E-state index contributed by atoms with van der Waals surface area (Å²) in [5.74, 6) is 1.91. The Labute approximate surface area is 176 Å². The van der Waals surface area contributed by atoms with Gasteiger partial charge in [0.25, 0.3) is 5.91 Å². The zero-order chi connectivity index (χ0) is 19.9. The van der Waals surface area contributed by atoms with E-state index >= 15 is 0 Å². The van der Waals surface area contributed by atoms with Gasteiger partial charge in [-0.15, -0.1) is 0 Å². The molecule has 1 aliphatic heterocycles. The Morgan fingerprint density at radius 1 is 1.18 bits per heavy atom. The van der Waals surface area contributed by atoms with Crippen LogP contribution in [0.4, 0.5) is 0 Å². The van der Waals surface area contributed by atoms with Crippen LogP contribution in [0.3, 0.4) is 0 Å². The van der Waals surface area contributed by atoms with Crippen LogP contribution in [0.2, 0.25) is 0 Å². The highest BCUT2D eigenvalue weighted by Crippen LogP contribution is 2.49. The van der Waals surface area contributed by atoms with Crippen molar-refractivity contribution in [3.8, 4) is 0 Å². The van der Waals surface area contributed by atoms with Gasteiger partial charge in [-0.3, -0.25) is 4.79 Å². The van der Waals surface area contributed by atoms with E-state index < -0.39 is 10.0 Å². The minimum Gasteiger partial charge on any atom is -0.349 e. The smallest absolute Gasteiger partial charge is 0.252 e. The lowest BCUT2D eigenvalue weighted by atomic mass is 9.84. The van der Waals surface area contributed by atoms with Crippen molar-refractivity contribution >= 4 is 31.9 Å². The number of amides is 1. The first-order valence-corrected chi connectivity index (χ1v) is 12.7. The van der Waals surface area contributed by atoms with E-state index in [1.165, 1.54) is 31.7 Å². The molecule has 1 heterocycles. The minimum absolute atomic E-state index is 0.108. The molecule has 1 saturated heterocycles. The molecule has 3 aliphatic rings. The van der Waals surface area contributed by atoms with E-state index in [0.717, 1.165) is 31.1 Å². The largest absolute Gasteiger partial charge is 0.349 e. The molecule has 154 valence electrons. The average Bonchev–Trinajstić information content (AvgIpc) is 3.32. The summed E-state index contributed by atoms with van der Waals surface area (Å²) >= 11 is 3.43. The van der Waals surface area contributed by atoms with Gasteiger partial charge < -0.3 is 5.32 Å². The van der Waals surface area contributed by atoms with Crippen LogP contribution in [0.25, 0.3) is 0 Å². The molecule has 7 heteroatoms. The van der Waals surface area contributed by atoms with Crippen molar-refractivity contribution in [3.63, 3.8) is 0 Å². The fraction of sp³-hybridized carbons (Fsp3) is 0.667. The number of hydrogen-bond donors (Lipinski definition) is 1. The van der Waals surface area contributed by atoms with E-state index in [0.29, 0.717) is 29.0 Å². The van der Waals surface area contributed by atoms with Crippen molar-refractivity contribution in [1.29, 1.82) is 0 Å². The first-order valence-electron chi connectivity index (χ1n) is 10.5. The molecule has 0 radical (unpaired) electrons. The highest BCUT2D eigenvalue weighted by atomic mass is 79.9. The van der Waals surface area contributed by atoms with Crippen LogP contribution >= 0.6 is 15.9 Å². The monoisotopic (exact) mass is 468 g/mol. The molecule has 1 aromatic carbocycles.